The van der Waals surface area contributed by atoms with E-state index in [4.69, 9.17) is 4.74 Å². The summed E-state index contributed by atoms with van der Waals surface area (Å²) in [6, 6.07) is 0. The van der Waals surface area contributed by atoms with E-state index in [1.807, 2.05) is 0 Å². The van der Waals surface area contributed by atoms with E-state index in [1.165, 1.54) is 24.8 Å². The van der Waals surface area contributed by atoms with Crippen LogP contribution in [-0.4, -0.2) is 17.5 Å². The van der Waals surface area contributed by atoms with Gasteiger partial charge in [0.1, 0.15) is 5.78 Å². The second kappa shape index (κ2) is 5.63. The summed E-state index contributed by atoms with van der Waals surface area (Å²) in [6.45, 7) is 10.9. The number of allylic oxidation sites excluding steroid dienone is 2. The SMILES string of the molecule is CC(=O)CCC=C(C)CCC1C2(C)CCC(O2)C1(C)C. The number of ketones is 1. The molecule has 2 aliphatic rings. The molecule has 0 aromatic rings. The molecule has 0 amide bonds. The molecule has 3 atom stereocenters. The van der Waals surface area contributed by atoms with E-state index in [2.05, 4.69) is 33.8 Å². The first-order chi connectivity index (χ1) is 9.25. The summed E-state index contributed by atoms with van der Waals surface area (Å²) in [5.74, 6) is 0.939. The van der Waals surface area contributed by atoms with E-state index in [0.29, 0.717) is 23.9 Å². The minimum absolute atomic E-state index is 0.105. The fourth-order valence-corrected chi connectivity index (χ4v) is 4.33. The lowest BCUT2D eigenvalue weighted by atomic mass is 9.62. The van der Waals surface area contributed by atoms with Gasteiger partial charge in [-0.05, 0) is 64.2 Å². The van der Waals surface area contributed by atoms with E-state index < -0.39 is 0 Å². The van der Waals surface area contributed by atoms with Crippen molar-refractivity contribution in [1.82, 2.24) is 0 Å². The Morgan fingerprint density at radius 1 is 1.25 bits per heavy atom. The van der Waals surface area contributed by atoms with Gasteiger partial charge in [0.25, 0.3) is 0 Å². The predicted molar refractivity (Wildman–Crippen MR) is 82.7 cm³/mol. The fourth-order valence-electron chi connectivity index (χ4n) is 4.33. The third-order valence-corrected chi connectivity index (χ3v) is 5.60. The second-order valence-electron chi connectivity index (χ2n) is 7.66. The van der Waals surface area contributed by atoms with Gasteiger partial charge in [-0.3, -0.25) is 0 Å². The molecule has 0 aliphatic carbocycles. The van der Waals surface area contributed by atoms with E-state index >= 15 is 0 Å². The number of hydrogen-bond acceptors (Lipinski definition) is 2. The van der Waals surface area contributed by atoms with Crippen molar-refractivity contribution >= 4 is 5.78 Å². The molecular formula is C18H30O2. The first kappa shape index (κ1) is 15.8. The van der Waals surface area contributed by atoms with Crippen molar-refractivity contribution in [1.29, 1.82) is 0 Å². The molecule has 2 heteroatoms. The van der Waals surface area contributed by atoms with Gasteiger partial charge in [-0.25, -0.2) is 0 Å². The summed E-state index contributed by atoms with van der Waals surface area (Å²) in [7, 11) is 0. The van der Waals surface area contributed by atoms with Crippen LogP contribution in [0.25, 0.3) is 0 Å². The van der Waals surface area contributed by atoms with Crippen LogP contribution >= 0.6 is 0 Å². The maximum absolute atomic E-state index is 11.0. The Labute approximate surface area is 124 Å². The molecule has 2 fully saturated rings. The van der Waals surface area contributed by atoms with Gasteiger partial charge in [-0.1, -0.05) is 25.5 Å². The molecular weight excluding hydrogens is 248 g/mol. The van der Waals surface area contributed by atoms with Crippen LogP contribution in [0.15, 0.2) is 11.6 Å². The van der Waals surface area contributed by atoms with Gasteiger partial charge in [-0.15, -0.1) is 0 Å². The van der Waals surface area contributed by atoms with Crippen molar-refractivity contribution in [3.05, 3.63) is 11.6 Å². The minimum atomic E-state index is 0.105. The first-order valence-electron chi connectivity index (χ1n) is 8.08. The topological polar surface area (TPSA) is 26.3 Å². The van der Waals surface area contributed by atoms with Crippen LogP contribution in [0.1, 0.15) is 73.1 Å². The zero-order chi connectivity index (χ0) is 15.0. The van der Waals surface area contributed by atoms with Crippen LogP contribution in [-0.2, 0) is 9.53 Å². The van der Waals surface area contributed by atoms with Gasteiger partial charge in [0, 0.05) is 6.42 Å². The number of carbonyl (C=O) groups excluding carboxylic acids is 1. The lowest BCUT2D eigenvalue weighted by Crippen LogP contribution is -2.40. The molecule has 0 radical (unpaired) electrons. The number of fused-ring (bicyclic) bond motifs is 2. The van der Waals surface area contributed by atoms with E-state index in [9.17, 15) is 4.79 Å². The van der Waals surface area contributed by atoms with Crippen molar-refractivity contribution in [2.24, 2.45) is 11.3 Å². The molecule has 20 heavy (non-hydrogen) atoms. The maximum Gasteiger partial charge on any atom is 0.130 e. The van der Waals surface area contributed by atoms with Crippen LogP contribution in [0.5, 0.6) is 0 Å². The molecule has 0 aromatic carbocycles. The normalized spacial score (nSPS) is 35.5. The third kappa shape index (κ3) is 3.00. The Bertz CT molecular complexity index is 403. The van der Waals surface area contributed by atoms with Crippen molar-refractivity contribution in [3.8, 4) is 0 Å². The Kier molecular flexibility index (Phi) is 4.44. The summed E-state index contributed by atoms with van der Waals surface area (Å²) in [5.41, 5.74) is 1.84. The smallest absolute Gasteiger partial charge is 0.130 e. The summed E-state index contributed by atoms with van der Waals surface area (Å²) in [4.78, 5) is 11.0. The molecule has 0 aromatic heterocycles. The fraction of sp³-hybridized carbons (Fsp3) is 0.833. The quantitative estimate of drug-likeness (QED) is 0.660. The van der Waals surface area contributed by atoms with Crippen LogP contribution < -0.4 is 0 Å². The zero-order valence-electron chi connectivity index (χ0n) is 13.8. The van der Waals surface area contributed by atoms with E-state index in [-0.39, 0.29) is 11.4 Å². The highest BCUT2D eigenvalue weighted by Crippen LogP contribution is 2.59. The molecule has 2 nitrogen and oxygen atoms in total. The molecule has 2 aliphatic heterocycles. The number of carbonyl (C=O) groups is 1. The molecule has 3 unspecified atom stereocenters. The number of hydrogen-bond donors (Lipinski definition) is 0. The molecule has 0 spiro atoms. The van der Waals surface area contributed by atoms with Gasteiger partial charge >= 0.3 is 0 Å². The van der Waals surface area contributed by atoms with Crippen LogP contribution in [0, 0.1) is 11.3 Å². The second-order valence-corrected chi connectivity index (χ2v) is 7.66. The van der Waals surface area contributed by atoms with Crippen LogP contribution in [0.4, 0.5) is 0 Å². The van der Waals surface area contributed by atoms with E-state index in [1.54, 1.807) is 6.92 Å². The summed E-state index contributed by atoms with van der Waals surface area (Å²) < 4.78 is 6.27. The Morgan fingerprint density at radius 2 is 1.95 bits per heavy atom. The highest BCUT2D eigenvalue weighted by molar-refractivity contribution is 5.75. The Balaban J connectivity index is 1.89. The minimum Gasteiger partial charge on any atom is -0.371 e. The van der Waals surface area contributed by atoms with Gasteiger partial charge in [0.05, 0.1) is 11.7 Å². The first-order valence-corrected chi connectivity index (χ1v) is 8.08. The molecule has 2 heterocycles. The lowest BCUT2D eigenvalue weighted by molar-refractivity contribution is -0.116. The summed E-state index contributed by atoms with van der Waals surface area (Å²) >= 11 is 0. The zero-order valence-corrected chi connectivity index (χ0v) is 13.8. The van der Waals surface area contributed by atoms with Gasteiger partial charge in [0.2, 0.25) is 0 Å². The third-order valence-electron chi connectivity index (χ3n) is 5.60. The summed E-state index contributed by atoms with van der Waals surface area (Å²) in [5, 5.41) is 0. The summed E-state index contributed by atoms with van der Waals surface area (Å²) in [6.07, 6.45) is 9.07. The molecule has 2 saturated heterocycles. The van der Waals surface area contributed by atoms with Crippen molar-refractivity contribution < 1.29 is 9.53 Å². The maximum atomic E-state index is 11.0. The molecule has 114 valence electrons. The number of Topliss-reactive ketones (excluding diaryl/α,β-unsaturated/α-hetero) is 1. The van der Waals surface area contributed by atoms with Crippen molar-refractivity contribution in [2.75, 3.05) is 0 Å². The van der Waals surface area contributed by atoms with Gasteiger partial charge in [0.15, 0.2) is 0 Å². The monoisotopic (exact) mass is 278 g/mol. The molecule has 2 rings (SSSR count). The highest BCUT2D eigenvalue weighted by atomic mass is 16.5. The van der Waals surface area contributed by atoms with Crippen molar-refractivity contribution in [3.63, 3.8) is 0 Å². The molecule has 2 bridgehead atoms. The standard InChI is InChI=1S/C18H30O2/c1-13(7-6-8-14(2)19)9-10-15-17(3,4)16-11-12-18(15,5)20-16/h7,15-16H,6,8-12H2,1-5H3. The van der Waals surface area contributed by atoms with Gasteiger partial charge < -0.3 is 9.53 Å². The van der Waals surface area contributed by atoms with E-state index in [0.717, 1.165) is 12.8 Å². The van der Waals surface area contributed by atoms with Gasteiger partial charge in [-0.2, -0.15) is 0 Å². The average molecular weight is 278 g/mol. The number of rotatable bonds is 6. The van der Waals surface area contributed by atoms with Crippen molar-refractivity contribution in [2.45, 2.75) is 84.8 Å². The lowest BCUT2D eigenvalue weighted by Gasteiger charge is -2.39. The molecule has 0 saturated carbocycles. The highest BCUT2D eigenvalue weighted by Gasteiger charge is 2.60. The largest absolute Gasteiger partial charge is 0.371 e. The average Bonchev–Trinajstić information content (AvgIpc) is 2.79. The Morgan fingerprint density at radius 3 is 2.50 bits per heavy atom. The predicted octanol–water partition coefficient (Wildman–Crippen LogP) is 4.68. The van der Waals surface area contributed by atoms with Crippen LogP contribution in [0.2, 0.25) is 0 Å². The Hall–Kier alpha value is -0.630. The number of ether oxygens (including phenoxy) is 1. The van der Waals surface area contributed by atoms with Crippen LogP contribution in [0.3, 0.4) is 0 Å². The molecule has 0 N–H and O–H groups in total.